The average molecular weight is 471 g/mol. The van der Waals surface area contributed by atoms with Gasteiger partial charge in [-0.2, -0.15) is 0 Å². The van der Waals surface area contributed by atoms with Crippen molar-refractivity contribution in [1.82, 2.24) is 0 Å². The maximum absolute atomic E-state index is 11.4. The Balaban J connectivity index is 1.26. The zero-order valence-electron chi connectivity index (χ0n) is 20.0. The van der Waals surface area contributed by atoms with Gasteiger partial charge in [0.2, 0.25) is 0 Å². The molecule has 0 radical (unpaired) electrons. The van der Waals surface area contributed by atoms with Gasteiger partial charge in [0, 0.05) is 11.8 Å². The van der Waals surface area contributed by atoms with Crippen LogP contribution in [0.3, 0.4) is 0 Å². The fraction of sp³-hybridized carbons (Fsp3) is 0.300. The zero-order chi connectivity index (χ0) is 24.2. The molecule has 5 nitrogen and oxygen atoms in total. The molecule has 0 amide bonds. The molecule has 1 aliphatic carbocycles. The van der Waals surface area contributed by atoms with E-state index in [4.69, 9.17) is 13.9 Å². The van der Waals surface area contributed by atoms with Crippen LogP contribution in [0.2, 0.25) is 0 Å². The highest BCUT2D eigenvalue weighted by atomic mass is 16.5. The molecule has 1 heterocycles. The van der Waals surface area contributed by atoms with Crippen molar-refractivity contribution in [3.63, 3.8) is 0 Å². The number of aliphatic carboxylic acids is 1. The van der Waals surface area contributed by atoms with Crippen molar-refractivity contribution in [2.24, 2.45) is 5.92 Å². The van der Waals surface area contributed by atoms with Crippen LogP contribution in [0.5, 0.6) is 17.2 Å². The summed E-state index contributed by atoms with van der Waals surface area (Å²) in [5.41, 5.74) is 4.35. The Labute approximate surface area is 205 Å². The first kappa shape index (κ1) is 23.0. The third-order valence-corrected chi connectivity index (χ3v) is 6.66. The first-order valence-corrected chi connectivity index (χ1v) is 12.4. The van der Waals surface area contributed by atoms with E-state index >= 15 is 0 Å². The SMILES string of the molecule is CCCc1cc(Oc2ccccc2)ccc1OCCc1cc2c3c(ccc2o1)CC(C(=O)O)CC3. The minimum Gasteiger partial charge on any atom is -0.493 e. The Bertz CT molecular complexity index is 1320. The van der Waals surface area contributed by atoms with Gasteiger partial charge < -0.3 is 19.0 Å². The third-order valence-electron chi connectivity index (χ3n) is 6.66. The fourth-order valence-corrected chi connectivity index (χ4v) is 4.88. The summed E-state index contributed by atoms with van der Waals surface area (Å²) in [6.45, 7) is 2.67. The highest BCUT2D eigenvalue weighted by molar-refractivity contribution is 5.84. The second kappa shape index (κ2) is 10.3. The van der Waals surface area contributed by atoms with Crippen LogP contribution in [-0.2, 0) is 30.5 Å². The Kier molecular flexibility index (Phi) is 6.75. The Morgan fingerprint density at radius 2 is 1.89 bits per heavy atom. The van der Waals surface area contributed by atoms with Crippen LogP contribution in [0.1, 0.15) is 42.2 Å². The molecule has 1 aromatic heterocycles. The smallest absolute Gasteiger partial charge is 0.306 e. The number of rotatable bonds is 9. The zero-order valence-corrected chi connectivity index (χ0v) is 20.0. The van der Waals surface area contributed by atoms with Crippen molar-refractivity contribution in [3.05, 3.63) is 89.2 Å². The molecule has 4 aromatic rings. The molecule has 5 rings (SSSR count). The van der Waals surface area contributed by atoms with Crippen LogP contribution < -0.4 is 9.47 Å². The van der Waals surface area contributed by atoms with Gasteiger partial charge in [0.1, 0.15) is 28.6 Å². The van der Waals surface area contributed by atoms with Crippen LogP contribution in [-0.4, -0.2) is 17.7 Å². The van der Waals surface area contributed by atoms with E-state index in [-0.39, 0.29) is 5.92 Å². The Morgan fingerprint density at radius 3 is 2.69 bits per heavy atom. The maximum atomic E-state index is 11.4. The highest BCUT2D eigenvalue weighted by Crippen LogP contribution is 2.34. The average Bonchev–Trinajstić information content (AvgIpc) is 3.29. The van der Waals surface area contributed by atoms with E-state index in [1.54, 1.807) is 0 Å². The number of ether oxygens (including phenoxy) is 2. The summed E-state index contributed by atoms with van der Waals surface area (Å²) in [7, 11) is 0. The number of furan rings is 1. The summed E-state index contributed by atoms with van der Waals surface area (Å²) in [6, 6.07) is 21.8. The summed E-state index contributed by atoms with van der Waals surface area (Å²) >= 11 is 0. The minimum absolute atomic E-state index is 0.290. The summed E-state index contributed by atoms with van der Waals surface area (Å²) in [4.78, 5) is 11.4. The Hall–Kier alpha value is -3.73. The van der Waals surface area contributed by atoms with Crippen LogP contribution in [0.4, 0.5) is 0 Å². The van der Waals surface area contributed by atoms with Crippen LogP contribution >= 0.6 is 0 Å². The number of benzene rings is 3. The van der Waals surface area contributed by atoms with Gasteiger partial charge in [-0.3, -0.25) is 4.79 Å². The topological polar surface area (TPSA) is 68.9 Å². The van der Waals surface area contributed by atoms with Crippen LogP contribution in [0.25, 0.3) is 11.0 Å². The molecule has 0 bridgehead atoms. The van der Waals surface area contributed by atoms with Crippen LogP contribution in [0.15, 0.2) is 71.1 Å². The number of aryl methyl sites for hydroxylation is 2. The summed E-state index contributed by atoms with van der Waals surface area (Å²) in [5, 5.41) is 10.5. The highest BCUT2D eigenvalue weighted by Gasteiger charge is 2.26. The Morgan fingerprint density at radius 1 is 1.03 bits per heavy atom. The molecule has 0 saturated carbocycles. The van der Waals surface area contributed by atoms with Gasteiger partial charge in [0.15, 0.2) is 0 Å². The molecule has 0 spiro atoms. The molecule has 0 saturated heterocycles. The molecular formula is C30H30O5. The number of carboxylic acid groups (broad SMARTS) is 1. The predicted molar refractivity (Wildman–Crippen MR) is 136 cm³/mol. The maximum Gasteiger partial charge on any atom is 0.306 e. The first-order valence-electron chi connectivity index (χ1n) is 12.4. The van der Waals surface area contributed by atoms with Crippen molar-refractivity contribution in [2.45, 2.75) is 45.4 Å². The second-order valence-electron chi connectivity index (χ2n) is 9.14. The quantitative estimate of drug-likeness (QED) is 0.286. The number of carboxylic acids is 1. The van der Waals surface area contributed by atoms with Crippen molar-refractivity contribution < 1.29 is 23.8 Å². The van der Waals surface area contributed by atoms with Gasteiger partial charge >= 0.3 is 5.97 Å². The monoisotopic (exact) mass is 470 g/mol. The standard InChI is InChI=1S/C30H30O5/c1-2-6-21-18-24(34-23-7-4-3-5-8-23)11-14-28(21)33-16-15-25-19-27-26-12-9-22(30(31)32)17-20(26)10-13-29(27)35-25/h3-5,7-8,10-11,13-14,18-19,22H,2,6,9,12,15-17H2,1H3,(H,31,32). The van der Waals surface area contributed by atoms with Gasteiger partial charge in [-0.25, -0.2) is 0 Å². The van der Waals surface area contributed by atoms with Crippen molar-refractivity contribution in [1.29, 1.82) is 0 Å². The van der Waals surface area contributed by atoms with Crippen molar-refractivity contribution in [2.75, 3.05) is 6.61 Å². The molecule has 3 aromatic carbocycles. The van der Waals surface area contributed by atoms with Crippen LogP contribution in [0, 0.1) is 5.92 Å². The first-order chi connectivity index (χ1) is 17.1. The lowest BCUT2D eigenvalue weighted by Crippen LogP contribution is -2.22. The van der Waals surface area contributed by atoms with Gasteiger partial charge in [0.25, 0.3) is 0 Å². The largest absolute Gasteiger partial charge is 0.493 e. The molecule has 0 aliphatic heterocycles. The summed E-state index contributed by atoms with van der Waals surface area (Å²) in [5.74, 6) is 2.38. The number of fused-ring (bicyclic) bond motifs is 3. The van der Waals surface area contributed by atoms with E-state index in [0.29, 0.717) is 25.9 Å². The molecule has 5 heteroatoms. The summed E-state index contributed by atoms with van der Waals surface area (Å²) in [6.07, 6.45) is 4.63. The van der Waals surface area contributed by atoms with Crippen molar-refractivity contribution >= 4 is 16.9 Å². The van der Waals surface area contributed by atoms with E-state index < -0.39 is 5.97 Å². The molecule has 35 heavy (non-hydrogen) atoms. The van der Waals surface area contributed by atoms with E-state index in [9.17, 15) is 9.90 Å². The van der Waals surface area contributed by atoms with Gasteiger partial charge in [-0.1, -0.05) is 37.6 Å². The van der Waals surface area contributed by atoms with Crippen molar-refractivity contribution in [3.8, 4) is 17.2 Å². The minimum atomic E-state index is -0.706. The van der Waals surface area contributed by atoms with E-state index in [1.165, 1.54) is 5.56 Å². The molecular weight excluding hydrogens is 440 g/mol. The molecule has 1 atom stereocenters. The van der Waals surface area contributed by atoms with E-state index in [0.717, 1.165) is 64.4 Å². The molecule has 1 N–H and O–H groups in total. The third kappa shape index (κ3) is 5.19. The van der Waals surface area contributed by atoms with Gasteiger partial charge in [-0.15, -0.1) is 0 Å². The number of carbonyl (C=O) groups is 1. The lowest BCUT2D eigenvalue weighted by molar-refractivity contribution is -0.142. The van der Waals surface area contributed by atoms with Gasteiger partial charge in [-0.05, 0) is 84.8 Å². The lowest BCUT2D eigenvalue weighted by Gasteiger charge is -2.21. The molecule has 1 unspecified atom stereocenters. The second-order valence-corrected chi connectivity index (χ2v) is 9.14. The predicted octanol–water partition coefficient (Wildman–Crippen LogP) is 6.99. The fourth-order valence-electron chi connectivity index (χ4n) is 4.88. The lowest BCUT2D eigenvalue weighted by atomic mass is 9.82. The molecule has 180 valence electrons. The van der Waals surface area contributed by atoms with E-state index in [1.807, 2.05) is 54.6 Å². The number of hydrogen-bond donors (Lipinski definition) is 1. The number of para-hydroxylation sites is 1. The number of hydrogen-bond acceptors (Lipinski definition) is 4. The molecule has 0 fully saturated rings. The molecule has 1 aliphatic rings. The van der Waals surface area contributed by atoms with Gasteiger partial charge in [0.05, 0.1) is 12.5 Å². The summed E-state index contributed by atoms with van der Waals surface area (Å²) < 4.78 is 18.3. The normalized spacial score (nSPS) is 15.1. The van der Waals surface area contributed by atoms with E-state index in [2.05, 4.69) is 19.1 Å².